The third-order valence-electron chi connectivity index (χ3n) is 4.50. The van der Waals surface area contributed by atoms with Gasteiger partial charge in [0.05, 0.1) is 24.4 Å². The minimum absolute atomic E-state index is 0. The molecule has 6 nitrogen and oxygen atoms in total. The lowest BCUT2D eigenvalue weighted by Gasteiger charge is -2.22. The summed E-state index contributed by atoms with van der Waals surface area (Å²) in [5.41, 5.74) is 3.56. The summed E-state index contributed by atoms with van der Waals surface area (Å²) in [5, 5.41) is 4.12. The molecule has 0 saturated heterocycles. The Kier molecular flexibility index (Phi) is 9.03. The number of guanidine groups is 1. The van der Waals surface area contributed by atoms with Gasteiger partial charge in [-0.3, -0.25) is 0 Å². The summed E-state index contributed by atoms with van der Waals surface area (Å²) in [6.45, 7) is 5.06. The van der Waals surface area contributed by atoms with Gasteiger partial charge in [-0.25, -0.2) is 9.98 Å². The van der Waals surface area contributed by atoms with Crippen LogP contribution >= 0.6 is 35.6 Å². The van der Waals surface area contributed by atoms with Crippen molar-refractivity contribution in [2.75, 3.05) is 13.6 Å². The maximum atomic E-state index is 6.11. The van der Waals surface area contributed by atoms with Crippen LogP contribution in [-0.2, 0) is 26.7 Å². The van der Waals surface area contributed by atoms with Crippen LogP contribution in [0.5, 0.6) is 0 Å². The summed E-state index contributed by atoms with van der Waals surface area (Å²) in [5.74, 6) is 0.875. The molecular weight excluding hydrogens is 499 g/mol. The van der Waals surface area contributed by atoms with E-state index in [2.05, 4.69) is 51.0 Å². The van der Waals surface area contributed by atoms with E-state index in [9.17, 15) is 0 Å². The minimum Gasteiger partial charge on any atom is -0.357 e. The Bertz CT molecular complexity index is 919. The van der Waals surface area contributed by atoms with E-state index in [0.717, 1.165) is 36.3 Å². The molecule has 2 heterocycles. The summed E-state index contributed by atoms with van der Waals surface area (Å²) >= 11 is 6.11. The van der Waals surface area contributed by atoms with Gasteiger partial charge in [0.1, 0.15) is 0 Å². The van der Waals surface area contributed by atoms with E-state index in [0.29, 0.717) is 6.54 Å². The SMILES string of the molecule is CCNC(=NCc1cccc(Cn2ccnc2)c1)N(C)Cc1cc(Cl)cn1C.I. The lowest BCUT2D eigenvalue weighted by atomic mass is 10.1. The second kappa shape index (κ2) is 11.3. The van der Waals surface area contributed by atoms with E-state index in [1.807, 2.05) is 43.4 Å². The second-order valence-electron chi connectivity index (χ2n) is 6.84. The zero-order valence-electron chi connectivity index (χ0n) is 17.0. The van der Waals surface area contributed by atoms with Crippen LogP contribution in [0.1, 0.15) is 23.7 Å². The standard InChI is InChI=1S/C21H27ClN6.HI/c1-4-24-21(27(3)15-20-11-19(22)14-26(20)2)25-12-17-6-5-7-18(10-17)13-28-9-8-23-16-28;/h5-11,14,16H,4,12-13,15H2,1-3H3,(H,24,25);1H. The Morgan fingerprint density at radius 1 is 1.28 bits per heavy atom. The monoisotopic (exact) mass is 526 g/mol. The van der Waals surface area contributed by atoms with Crippen molar-refractivity contribution >= 4 is 41.5 Å². The number of nitrogens with one attached hydrogen (secondary N) is 1. The molecule has 0 radical (unpaired) electrons. The van der Waals surface area contributed by atoms with Gasteiger partial charge in [0.2, 0.25) is 0 Å². The molecule has 0 saturated carbocycles. The fraction of sp³-hybridized carbons (Fsp3) is 0.333. The topological polar surface area (TPSA) is 50.4 Å². The van der Waals surface area contributed by atoms with Crippen molar-refractivity contribution in [2.45, 2.75) is 26.6 Å². The highest BCUT2D eigenvalue weighted by atomic mass is 127. The molecule has 1 N–H and O–H groups in total. The van der Waals surface area contributed by atoms with Crippen molar-refractivity contribution in [3.05, 3.63) is 77.1 Å². The van der Waals surface area contributed by atoms with Gasteiger partial charge < -0.3 is 19.4 Å². The number of halogens is 2. The third kappa shape index (κ3) is 6.78. The molecular formula is C21H28ClIN6. The van der Waals surface area contributed by atoms with Gasteiger partial charge in [-0.1, -0.05) is 35.9 Å². The number of imidazole rings is 1. The number of benzene rings is 1. The molecule has 0 aliphatic rings. The maximum absolute atomic E-state index is 6.11. The predicted octanol–water partition coefficient (Wildman–Crippen LogP) is 4.14. The van der Waals surface area contributed by atoms with Crippen molar-refractivity contribution < 1.29 is 0 Å². The normalized spacial score (nSPS) is 11.2. The average molecular weight is 527 g/mol. The van der Waals surface area contributed by atoms with Crippen molar-refractivity contribution in [1.29, 1.82) is 0 Å². The van der Waals surface area contributed by atoms with Gasteiger partial charge in [-0.2, -0.15) is 0 Å². The summed E-state index contributed by atoms with van der Waals surface area (Å²) in [6.07, 6.45) is 7.52. The second-order valence-corrected chi connectivity index (χ2v) is 7.28. The molecule has 156 valence electrons. The predicted molar refractivity (Wildman–Crippen MR) is 130 cm³/mol. The van der Waals surface area contributed by atoms with Gasteiger partial charge in [-0.05, 0) is 24.1 Å². The fourth-order valence-corrected chi connectivity index (χ4v) is 3.37. The van der Waals surface area contributed by atoms with E-state index in [1.165, 1.54) is 11.1 Å². The van der Waals surface area contributed by atoms with Crippen LogP contribution in [0.2, 0.25) is 5.02 Å². The highest BCUT2D eigenvalue weighted by Crippen LogP contribution is 2.14. The number of hydrogen-bond donors (Lipinski definition) is 1. The smallest absolute Gasteiger partial charge is 0.194 e. The van der Waals surface area contributed by atoms with Crippen LogP contribution in [0.15, 0.2) is 60.2 Å². The lowest BCUT2D eigenvalue weighted by Crippen LogP contribution is -2.38. The van der Waals surface area contributed by atoms with Crippen LogP contribution in [-0.4, -0.2) is 38.6 Å². The van der Waals surface area contributed by atoms with Gasteiger partial charge in [0.15, 0.2) is 5.96 Å². The number of aliphatic imine (C=N–C) groups is 1. The Labute approximate surface area is 194 Å². The highest BCUT2D eigenvalue weighted by Gasteiger charge is 2.10. The summed E-state index contributed by atoms with van der Waals surface area (Å²) in [4.78, 5) is 11.0. The van der Waals surface area contributed by atoms with Crippen LogP contribution in [0, 0.1) is 0 Å². The van der Waals surface area contributed by atoms with Crippen LogP contribution in [0.4, 0.5) is 0 Å². The Morgan fingerprint density at radius 2 is 2.07 bits per heavy atom. The first kappa shape index (κ1) is 23.3. The van der Waals surface area contributed by atoms with Gasteiger partial charge >= 0.3 is 0 Å². The summed E-state index contributed by atoms with van der Waals surface area (Å²) in [7, 11) is 4.04. The van der Waals surface area contributed by atoms with Gasteiger partial charge in [0.25, 0.3) is 0 Å². The summed E-state index contributed by atoms with van der Waals surface area (Å²) in [6, 6.07) is 10.5. The molecule has 3 aromatic rings. The van der Waals surface area contributed by atoms with Crippen molar-refractivity contribution in [2.24, 2.45) is 12.0 Å². The molecule has 0 unspecified atom stereocenters. The molecule has 8 heteroatoms. The van der Waals surface area contributed by atoms with Crippen LogP contribution < -0.4 is 5.32 Å². The van der Waals surface area contributed by atoms with E-state index >= 15 is 0 Å². The molecule has 0 aliphatic carbocycles. The van der Waals surface area contributed by atoms with E-state index < -0.39 is 0 Å². The summed E-state index contributed by atoms with van der Waals surface area (Å²) < 4.78 is 4.10. The fourth-order valence-electron chi connectivity index (χ4n) is 3.09. The maximum Gasteiger partial charge on any atom is 0.194 e. The van der Waals surface area contributed by atoms with E-state index in [-0.39, 0.29) is 24.0 Å². The molecule has 0 amide bonds. The minimum atomic E-state index is 0. The first-order valence-electron chi connectivity index (χ1n) is 9.39. The zero-order chi connectivity index (χ0) is 19.9. The Hall–Kier alpha value is -2.00. The van der Waals surface area contributed by atoms with Crippen LogP contribution in [0.25, 0.3) is 0 Å². The molecule has 0 aliphatic heterocycles. The third-order valence-corrected chi connectivity index (χ3v) is 4.70. The molecule has 0 fully saturated rings. The molecule has 0 spiro atoms. The number of aryl methyl sites for hydroxylation is 1. The Balaban J connectivity index is 0.00000300. The zero-order valence-corrected chi connectivity index (χ0v) is 20.1. The van der Waals surface area contributed by atoms with Crippen molar-refractivity contribution in [3.63, 3.8) is 0 Å². The lowest BCUT2D eigenvalue weighted by molar-refractivity contribution is 0.462. The molecule has 0 bridgehead atoms. The van der Waals surface area contributed by atoms with E-state index in [4.69, 9.17) is 16.6 Å². The molecule has 1 aromatic carbocycles. The number of aromatic nitrogens is 3. The molecule has 0 atom stereocenters. The first-order valence-corrected chi connectivity index (χ1v) is 9.76. The first-order chi connectivity index (χ1) is 13.5. The molecule has 3 rings (SSSR count). The Morgan fingerprint density at radius 3 is 2.72 bits per heavy atom. The van der Waals surface area contributed by atoms with Gasteiger partial charge in [-0.15, -0.1) is 24.0 Å². The van der Waals surface area contributed by atoms with E-state index in [1.54, 1.807) is 6.20 Å². The number of nitrogens with zero attached hydrogens (tertiary/aromatic N) is 5. The highest BCUT2D eigenvalue weighted by molar-refractivity contribution is 14.0. The average Bonchev–Trinajstić information content (AvgIpc) is 3.28. The van der Waals surface area contributed by atoms with Gasteiger partial charge in [0, 0.05) is 51.5 Å². The molecule has 29 heavy (non-hydrogen) atoms. The quantitative estimate of drug-likeness (QED) is 0.286. The van der Waals surface area contributed by atoms with Crippen LogP contribution in [0.3, 0.4) is 0 Å². The van der Waals surface area contributed by atoms with Crippen molar-refractivity contribution in [3.8, 4) is 0 Å². The molecule has 2 aromatic heterocycles. The number of rotatable bonds is 7. The number of hydrogen-bond acceptors (Lipinski definition) is 2. The van der Waals surface area contributed by atoms with Crippen molar-refractivity contribution in [1.82, 2.24) is 24.3 Å². The largest absolute Gasteiger partial charge is 0.357 e.